The molecule has 0 aliphatic carbocycles. The van der Waals surface area contributed by atoms with Gasteiger partial charge in [0.25, 0.3) is 5.79 Å². The topological polar surface area (TPSA) is 84.8 Å². The minimum absolute atomic E-state index is 0.125. The van der Waals surface area contributed by atoms with Gasteiger partial charge in [-0.15, -0.1) is 0 Å². The van der Waals surface area contributed by atoms with Gasteiger partial charge in [-0.1, -0.05) is 91.0 Å². The zero-order valence-corrected chi connectivity index (χ0v) is 20.4. The number of rotatable bonds is 12. The van der Waals surface area contributed by atoms with E-state index < -0.39 is 30.4 Å². The zero-order chi connectivity index (χ0) is 25.2. The van der Waals surface area contributed by atoms with Crippen LogP contribution in [0.15, 0.2) is 91.0 Å². The van der Waals surface area contributed by atoms with Gasteiger partial charge in [0.1, 0.15) is 13.2 Å². The van der Waals surface area contributed by atoms with Gasteiger partial charge >= 0.3 is 0 Å². The second kappa shape index (κ2) is 13.0. The van der Waals surface area contributed by atoms with Crippen LogP contribution >= 0.6 is 0 Å². The lowest BCUT2D eigenvalue weighted by atomic mass is 9.96. The van der Waals surface area contributed by atoms with Crippen LogP contribution in [0.4, 0.5) is 0 Å². The van der Waals surface area contributed by atoms with E-state index in [2.05, 4.69) is 0 Å². The van der Waals surface area contributed by atoms with Crippen molar-refractivity contribution in [3.8, 4) is 0 Å². The molecule has 1 fully saturated rings. The molecule has 8 heteroatoms. The van der Waals surface area contributed by atoms with E-state index >= 15 is 0 Å². The molecule has 3 aromatic rings. The van der Waals surface area contributed by atoms with Gasteiger partial charge in [-0.25, -0.2) is 19.6 Å². The first-order valence-corrected chi connectivity index (χ1v) is 11.8. The van der Waals surface area contributed by atoms with Gasteiger partial charge in [-0.05, 0) is 23.6 Å². The minimum atomic E-state index is -1.76. The highest BCUT2D eigenvalue weighted by atomic mass is 17.2. The second-order valence-corrected chi connectivity index (χ2v) is 8.47. The molecule has 1 aliphatic heterocycles. The van der Waals surface area contributed by atoms with Gasteiger partial charge in [0.15, 0.2) is 12.2 Å². The number of aliphatic hydroxyl groups is 1. The fourth-order valence-electron chi connectivity index (χ4n) is 3.95. The average molecular weight is 497 g/mol. The lowest BCUT2D eigenvalue weighted by Gasteiger charge is -2.48. The van der Waals surface area contributed by atoms with Crippen LogP contribution < -0.4 is 0 Å². The van der Waals surface area contributed by atoms with E-state index in [0.29, 0.717) is 0 Å². The van der Waals surface area contributed by atoms with Crippen LogP contribution in [0.3, 0.4) is 0 Å². The summed E-state index contributed by atoms with van der Waals surface area (Å²) >= 11 is 0. The van der Waals surface area contributed by atoms with Gasteiger partial charge in [0.2, 0.25) is 6.29 Å². The summed E-state index contributed by atoms with van der Waals surface area (Å²) in [5.41, 5.74) is 2.71. The summed E-state index contributed by atoms with van der Waals surface area (Å²) in [5, 5.41) is 11.0. The van der Waals surface area contributed by atoms with E-state index in [1.807, 2.05) is 91.0 Å². The van der Waals surface area contributed by atoms with E-state index in [1.165, 1.54) is 7.11 Å². The van der Waals surface area contributed by atoms with Gasteiger partial charge < -0.3 is 19.3 Å². The molecule has 1 saturated heterocycles. The first kappa shape index (κ1) is 26.4. The Morgan fingerprint density at radius 3 is 1.69 bits per heavy atom. The number of aliphatic hydroxyl groups excluding tert-OH is 1. The van der Waals surface area contributed by atoms with Crippen molar-refractivity contribution in [1.82, 2.24) is 0 Å². The molecular weight excluding hydrogens is 464 g/mol. The van der Waals surface area contributed by atoms with Crippen molar-refractivity contribution >= 4 is 0 Å². The molecule has 1 N–H and O–H groups in total. The van der Waals surface area contributed by atoms with Crippen molar-refractivity contribution in [3.63, 3.8) is 0 Å². The van der Waals surface area contributed by atoms with E-state index in [4.69, 9.17) is 33.8 Å². The maximum Gasteiger partial charge on any atom is 0.253 e. The third-order valence-corrected chi connectivity index (χ3v) is 5.96. The Bertz CT molecular complexity index is 1020. The summed E-state index contributed by atoms with van der Waals surface area (Å²) in [6, 6.07) is 28.7. The first-order chi connectivity index (χ1) is 17.6. The maximum absolute atomic E-state index is 11.0. The Labute approximate surface area is 211 Å². The van der Waals surface area contributed by atoms with Crippen LogP contribution in [0.2, 0.25) is 0 Å². The predicted octanol–water partition coefficient (Wildman–Crippen LogP) is 4.32. The fourth-order valence-corrected chi connectivity index (χ4v) is 3.95. The minimum Gasteiger partial charge on any atom is -0.364 e. The van der Waals surface area contributed by atoms with Crippen LogP contribution in [0.5, 0.6) is 0 Å². The summed E-state index contributed by atoms with van der Waals surface area (Å²) in [7, 11) is 1.41. The molecule has 192 valence electrons. The summed E-state index contributed by atoms with van der Waals surface area (Å²) in [5.74, 6) is -1.76. The highest BCUT2D eigenvalue weighted by Gasteiger charge is 2.60. The SMILES string of the molecule is CO[C@]1(OCc2ccccc2)[C@@H](O)O[C@H](C)[C@@H](OOCc2ccccc2)[C@@H]1OOCc1ccccc1. The number of ether oxygens (including phenoxy) is 3. The van der Waals surface area contributed by atoms with E-state index in [-0.39, 0.29) is 19.8 Å². The molecule has 1 aliphatic rings. The highest BCUT2D eigenvalue weighted by Crippen LogP contribution is 2.37. The molecule has 0 spiro atoms. The number of benzene rings is 3. The number of hydrogen-bond donors (Lipinski definition) is 1. The third kappa shape index (κ3) is 6.56. The number of methoxy groups -OCH3 is 1. The Morgan fingerprint density at radius 2 is 1.19 bits per heavy atom. The maximum atomic E-state index is 11.0. The van der Waals surface area contributed by atoms with Gasteiger partial charge in [-0.3, -0.25) is 0 Å². The summed E-state index contributed by atoms with van der Waals surface area (Å²) < 4.78 is 17.6. The molecule has 0 aromatic heterocycles. The van der Waals surface area contributed by atoms with Crippen molar-refractivity contribution in [2.75, 3.05) is 7.11 Å². The van der Waals surface area contributed by atoms with Crippen molar-refractivity contribution in [2.45, 2.75) is 57.1 Å². The van der Waals surface area contributed by atoms with E-state index in [0.717, 1.165) is 16.7 Å². The molecule has 8 nitrogen and oxygen atoms in total. The van der Waals surface area contributed by atoms with Gasteiger partial charge in [0.05, 0.1) is 12.7 Å². The molecule has 1 heterocycles. The molecule has 0 bridgehead atoms. The smallest absolute Gasteiger partial charge is 0.253 e. The van der Waals surface area contributed by atoms with Crippen molar-refractivity contribution in [2.24, 2.45) is 0 Å². The molecule has 3 aromatic carbocycles. The molecule has 4 rings (SSSR count). The largest absolute Gasteiger partial charge is 0.364 e. The molecular formula is C28H32O8. The third-order valence-electron chi connectivity index (χ3n) is 5.96. The Kier molecular flexibility index (Phi) is 9.57. The van der Waals surface area contributed by atoms with Crippen molar-refractivity contribution in [1.29, 1.82) is 0 Å². The summed E-state index contributed by atoms with van der Waals surface area (Å²) in [4.78, 5) is 22.8. The monoisotopic (exact) mass is 496 g/mol. The molecule has 5 atom stereocenters. The van der Waals surface area contributed by atoms with E-state index in [9.17, 15) is 5.11 Å². The van der Waals surface area contributed by atoms with Crippen LogP contribution in [0, 0.1) is 0 Å². The Balaban J connectivity index is 1.52. The second-order valence-electron chi connectivity index (χ2n) is 8.47. The van der Waals surface area contributed by atoms with Crippen molar-refractivity contribution < 1.29 is 38.9 Å². The molecule has 0 saturated carbocycles. The first-order valence-electron chi connectivity index (χ1n) is 11.8. The molecule has 0 unspecified atom stereocenters. The van der Waals surface area contributed by atoms with E-state index in [1.54, 1.807) is 6.92 Å². The van der Waals surface area contributed by atoms with Crippen molar-refractivity contribution in [3.05, 3.63) is 108 Å². The fraction of sp³-hybridized carbons (Fsp3) is 0.357. The Hall–Kier alpha value is -2.66. The molecule has 0 amide bonds. The quantitative estimate of drug-likeness (QED) is 0.226. The van der Waals surface area contributed by atoms with Gasteiger partial charge in [-0.2, -0.15) is 0 Å². The normalized spacial score (nSPS) is 26.1. The standard InChI is InChI=1S/C28H32O8/c1-21-25(35-32-19-23-14-8-4-9-15-23)26(36-33-20-24-16-10-5-11-17-24)28(30-2,27(29)34-21)31-18-22-12-6-3-7-13-22/h3-17,21,25-27,29H,18-20H2,1-2H3/t21-,25-,26+,27+,28-/m1/s1. The Morgan fingerprint density at radius 1 is 0.722 bits per heavy atom. The zero-order valence-electron chi connectivity index (χ0n) is 20.4. The highest BCUT2D eigenvalue weighted by molar-refractivity contribution is 5.15. The van der Waals surface area contributed by atoms with Crippen LogP contribution in [0.25, 0.3) is 0 Å². The average Bonchev–Trinajstić information content (AvgIpc) is 2.92. The lowest BCUT2D eigenvalue weighted by Crippen LogP contribution is -2.68. The molecule has 36 heavy (non-hydrogen) atoms. The van der Waals surface area contributed by atoms with Crippen LogP contribution in [0.1, 0.15) is 23.6 Å². The molecule has 0 radical (unpaired) electrons. The van der Waals surface area contributed by atoms with Gasteiger partial charge in [0, 0.05) is 7.11 Å². The summed E-state index contributed by atoms with van der Waals surface area (Å²) in [6.07, 6.45) is -4.04. The lowest BCUT2D eigenvalue weighted by molar-refractivity contribution is -0.500. The number of hydrogen-bond acceptors (Lipinski definition) is 8. The summed E-state index contributed by atoms with van der Waals surface area (Å²) in [6.45, 7) is 2.23. The van der Waals surface area contributed by atoms with Crippen LogP contribution in [-0.4, -0.2) is 42.6 Å². The predicted molar refractivity (Wildman–Crippen MR) is 130 cm³/mol. The van der Waals surface area contributed by atoms with Crippen LogP contribution in [-0.2, 0) is 53.6 Å².